The normalized spacial score (nSPS) is 12.5. The first-order chi connectivity index (χ1) is 17.1. The Kier molecular flexibility index (Phi) is 5.07. The lowest BCUT2D eigenvalue weighted by atomic mass is 9.93. The van der Waals surface area contributed by atoms with E-state index in [-0.39, 0.29) is 0 Å². The third-order valence-corrected chi connectivity index (χ3v) is 6.41. The minimum Gasteiger partial charge on any atom is -0.493 e. The first-order valence-electron chi connectivity index (χ1n) is 11.5. The first-order valence-corrected chi connectivity index (χ1v) is 11.5. The van der Waals surface area contributed by atoms with Crippen molar-refractivity contribution in [2.45, 2.75) is 20.0 Å². The van der Waals surface area contributed by atoms with Gasteiger partial charge in [0.25, 0.3) is 0 Å². The third kappa shape index (κ3) is 3.83. The average molecular weight is 462 g/mol. The molecule has 1 amide bonds. The zero-order valence-electron chi connectivity index (χ0n) is 19.2. The van der Waals surface area contributed by atoms with Crippen LogP contribution in [0.25, 0.3) is 32.9 Å². The monoisotopic (exact) mass is 461 g/mol. The zero-order chi connectivity index (χ0) is 23.9. The van der Waals surface area contributed by atoms with E-state index >= 15 is 0 Å². The number of aryl methyl sites for hydroxylation is 1. The predicted molar refractivity (Wildman–Crippen MR) is 136 cm³/mol. The summed E-state index contributed by atoms with van der Waals surface area (Å²) >= 11 is 0. The Morgan fingerprint density at radius 3 is 2.71 bits per heavy atom. The van der Waals surface area contributed by atoms with E-state index in [1.54, 1.807) is 12.1 Å². The molecule has 0 fully saturated rings. The van der Waals surface area contributed by atoms with Crippen LogP contribution in [0.2, 0.25) is 0 Å². The van der Waals surface area contributed by atoms with Crippen LogP contribution in [-0.2, 0) is 13.0 Å². The second-order valence-electron chi connectivity index (χ2n) is 8.78. The van der Waals surface area contributed by atoms with Gasteiger partial charge in [-0.25, -0.2) is 4.98 Å². The molecule has 1 aliphatic heterocycles. The van der Waals surface area contributed by atoms with Crippen LogP contribution in [0, 0.1) is 6.92 Å². The Hall–Kier alpha value is -4.45. The molecule has 2 N–H and O–H groups in total. The van der Waals surface area contributed by atoms with Crippen molar-refractivity contribution in [3.63, 3.8) is 0 Å². The summed E-state index contributed by atoms with van der Waals surface area (Å²) in [5.74, 6) is 0.988. The van der Waals surface area contributed by atoms with Crippen LogP contribution in [0.4, 0.5) is 0 Å². The van der Waals surface area contributed by atoms with Gasteiger partial charge in [0.2, 0.25) is 11.8 Å². The molecular formula is C29H23N3O3. The highest BCUT2D eigenvalue weighted by Gasteiger charge is 2.19. The maximum Gasteiger partial charge on any atom is 0.248 e. The van der Waals surface area contributed by atoms with Crippen molar-refractivity contribution >= 4 is 27.7 Å². The van der Waals surface area contributed by atoms with Gasteiger partial charge in [-0.1, -0.05) is 18.2 Å². The summed E-state index contributed by atoms with van der Waals surface area (Å²) in [5, 5.41) is 2.13. The van der Waals surface area contributed by atoms with E-state index in [1.165, 1.54) is 5.56 Å². The summed E-state index contributed by atoms with van der Waals surface area (Å²) in [5.41, 5.74) is 13.1. The molecule has 1 aliphatic rings. The molecule has 0 spiro atoms. The summed E-state index contributed by atoms with van der Waals surface area (Å²) in [6.45, 7) is 3.11. The van der Waals surface area contributed by atoms with E-state index in [0.717, 1.165) is 56.2 Å². The number of ether oxygens (including phenoxy) is 2. The van der Waals surface area contributed by atoms with Crippen molar-refractivity contribution in [2.75, 3.05) is 6.61 Å². The highest BCUT2D eigenvalue weighted by atomic mass is 16.5. The number of primary amides is 1. The minimum atomic E-state index is -0.446. The number of aromatic nitrogens is 2. The van der Waals surface area contributed by atoms with Crippen LogP contribution in [-0.4, -0.2) is 22.5 Å². The Bertz CT molecular complexity index is 1600. The van der Waals surface area contributed by atoms with E-state index in [4.69, 9.17) is 25.2 Å². The van der Waals surface area contributed by atoms with E-state index in [0.29, 0.717) is 24.7 Å². The van der Waals surface area contributed by atoms with Gasteiger partial charge in [-0.15, -0.1) is 0 Å². The van der Waals surface area contributed by atoms with E-state index in [9.17, 15) is 4.79 Å². The predicted octanol–water partition coefficient (Wildman–Crippen LogP) is 5.37. The number of carbonyl (C=O) groups excluding carboxylic acids is 1. The molecule has 6 nitrogen and oxygen atoms in total. The lowest BCUT2D eigenvalue weighted by Crippen LogP contribution is -2.10. The van der Waals surface area contributed by atoms with E-state index in [1.807, 2.05) is 30.5 Å². The fourth-order valence-corrected chi connectivity index (χ4v) is 4.70. The second-order valence-corrected chi connectivity index (χ2v) is 8.78. The number of rotatable bonds is 5. The number of nitrogens with two attached hydrogens (primary N) is 1. The molecule has 6 rings (SSSR count). The van der Waals surface area contributed by atoms with Gasteiger partial charge in [-0.05, 0) is 71.6 Å². The maximum absolute atomic E-state index is 11.3. The SMILES string of the molecule is Cc1cc(-c2ccc3c4c(ccnc24)CCO3)c2ccc(OCc3ccc(C(N)=O)cc3)nc2c1. The molecule has 6 heteroatoms. The molecule has 0 unspecified atom stereocenters. The van der Waals surface area contributed by atoms with Gasteiger partial charge < -0.3 is 15.2 Å². The summed E-state index contributed by atoms with van der Waals surface area (Å²) < 4.78 is 11.9. The number of hydrogen-bond donors (Lipinski definition) is 1. The van der Waals surface area contributed by atoms with Gasteiger partial charge >= 0.3 is 0 Å². The molecule has 3 aromatic carbocycles. The number of amides is 1. The Morgan fingerprint density at radius 2 is 1.89 bits per heavy atom. The van der Waals surface area contributed by atoms with Gasteiger partial charge in [0, 0.05) is 40.6 Å². The molecule has 0 bridgehead atoms. The quantitative estimate of drug-likeness (QED) is 0.380. The standard InChI is InChI=1S/C29H23N3O3/c1-17-14-23(22-6-8-25-27-19(11-13-34-25)10-12-31-28(22)27)21-7-9-26(32-24(21)15-17)35-16-18-2-4-20(5-3-18)29(30)33/h2-10,12,14-15H,11,13,16H2,1H3,(H2,30,33). The van der Waals surface area contributed by atoms with Crippen LogP contribution < -0.4 is 15.2 Å². The van der Waals surface area contributed by atoms with Crippen molar-refractivity contribution in [3.8, 4) is 22.8 Å². The lowest BCUT2D eigenvalue weighted by Gasteiger charge is -2.20. The molecule has 5 aromatic rings. The lowest BCUT2D eigenvalue weighted by molar-refractivity contribution is 0.1000. The molecule has 172 valence electrons. The minimum absolute atomic E-state index is 0.342. The van der Waals surface area contributed by atoms with Crippen LogP contribution in [0.5, 0.6) is 11.6 Å². The molecule has 35 heavy (non-hydrogen) atoms. The number of fused-ring (bicyclic) bond motifs is 1. The average Bonchev–Trinajstić information content (AvgIpc) is 2.87. The molecular weight excluding hydrogens is 438 g/mol. The van der Waals surface area contributed by atoms with Gasteiger partial charge in [0.1, 0.15) is 12.4 Å². The maximum atomic E-state index is 11.3. The van der Waals surface area contributed by atoms with Gasteiger partial charge in [0.15, 0.2) is 0 Å². The number of benzene rings is 3. The fourth-order valence-electron chi connectivity index (χ4n) is 4.70. The van der Waals surface area contributed by atoms with Crippen molar-refractivity contribution < 1.29 is 14.3 Å². The smallest absolute Gasteiger partial charge is 0.248 e. The molecule has 0 saturated heterocycles. The highest BCUT2D eigenvalue weighted by Crippen LogP contribution is 2.40. The molecule has 3 heterocycles. The first kappa shape index (κ1) is 21.1. The number of hydrogen-bond acceptors (Lipinski definition) is 5. The Labute approximate surface area is 202 Å². The summed E-state index contributed by atoms with van der Waals surface area (Å²) in [4.78, 5) is 20.8. The van der Waals surface area contributed by atoms with Crippen LogP contribution in [0.1, 0.15) is 27.0 Å². The second kappa shape index (κ2) is 8.40. The van der Waals surface area contributed by atoms with Crippen LogP contribution in [0.3, 0.4) is 0 Å². The van der Waals surface area contributed by atoms with E-state index in [2.05, 4.69) is 37.3 Å². The fraction of sp³-hybridized carbons (Fsp3) is 0.138. The topological polar surface area (TPSA) is 87.3 Å². The van der Waals surface area contributed by atoms with Gasteiger partial charge in [-0.2, -0.15) is 0 Å². The highest BCUT2D eigenvalue weighted by molar-refractivity contribution is 6.06. The van der Waals surface area contributed by atoms with Crippen molar-refractivity contribution in [3.05, 3.63) is 95.2 Å². The Balaban J connectivity index is 1.37. The number of nitrogens with zero attached hydrogens (tertiary/aromatic N) is 2. The van der Waals surface area contributed by atoms with Crippen molar-refractivity contribution in [1.82, 2.24) is 9.97 Å². The van der Waals surface area contributed by atoms with Crippen molar-refractivity contribution in [2.24, 2.45) is 5.73 Å². The Morgan fingerprint density at radius 1 is 1.03 bits per heavy atom. The molecule has 0 atom stereocenters. The zero-order valence-corrected chi connectivity index (χ0v) is 19.2. The van der Waals surface area contributed by atoms with Crippen LogP contribution >= 0.6 is 0 Å². The summed E-state index contributed by atoms with van der Waals surface area (Å²) in [6, 6.07) is 21.5. The molecule has 0 radical (unpaired) electrons. The summed E-state index contributed by atoms with van der Waals surface area (Å²) in [6.07, 6.45) is 2.77. The number of pyridine rings is 2. The van der Waals surface area contributed by atoms with E-state index < -0.39 is 5.91 Å². The molecule has 0 saturated carbocycles. The third-order valence-electron chi connectivity index (χ3n) is 6.41. The summed E-state index contributed by atoms with van der Waals surface area (Å²) in [7, 11) is 0. The largest absolute Gasteiger partial charge is 0.493 e. The molecule has 0 aliphatic carbocycles. The van der Waals surface area contributed by atoms with Gasteiger partial charge in [0.05, 0.1) is 17.6 Å². The van der Waals surface area contributed by atoms with Crippen molar-refractivity contribution in [1.29, 1.82) is 0 Å². The molecule has 2 aromatic heterocycles. The van der Waals surface area contributed by atoms with Crippen LogP contribution in [0.15, 0.2) is 72.9 Å². The number of carbonyl (C=O) groups is 1. The van der Waals surface area contributed by atoms with Gasteiger partial charge in [-0.3, -0.25) is 9.78 Å².